The van der Waals surface area contributed by atoms with Crippen molar-refractivity contribution in [3.8, 4) is 0 Å². The first kappa shape index (κ1) is 23.6. The van der Waals surface area contributed by atoms with Crippen LogP contribution in [-0.2, 0) is 11.3 Å². The number of hydrogen-bond acceptors (Lipinski definition) is 6. The molecule has 0 radical (unpaired) electrons. The van der Waals surface area contributed by atoms with Crippen molar-refractivity contribution in [2.24, 2.45) is 0 Å². The summed E-state index contributed by atoms with van der Waals surface area (Å²) < 4.78 is 6.87. The highest BCUT2D eigenvalue weighted by molar-refractivity contribution is 7.80. The summed E-state index contributed by atoms with van der Waals surface area (Å²) in [7, 11) is 0. The smallest absolute Gasteiger partial charge is 0.413 e. The molecule has 0 spiro atoms. The molecule has 0 bridgehead atoms. The van der Waals surface area contributed by atoms with Gasteiger partial charge in [0.15, 0.2) is 5.11 Å². The van der Waals surface area contributed by atoms with E-state index in [1.807, 2.05) is 34.7 Å². The van der Waals surface area contributed by atoms with E-state index < -0.39 is 6.09 Å². The summed E-state index contributed by atoms with van der Waals surface area (Å²) in [5.41, 5.74) is 2.35. The van der Waals surface area contributed by atoms with E-state index in [0.717, 1.165) is 37.2 Å². The number of alkyl carbamates (subject to hydrolysis) is 1. The molecule has 172 valence electrons. The number of amides is 2. The van der Waals surface area contributed by atoms with Gasteiger partial charge in [0, 0.05) is 50.2 Å². The second-order valence-electron chi connectivity index (χ2n) is 7.71. The first-order valence-corrected chi connectivity index (χ1v) is 11.3. The third-order valence-corrected chi connectivity index (χ3v) is 5.76. The molecule has 2 aromatic rings. The number of nitrogens with one attached hydrogen (secondary N) is 2. The number of carbonyl (C=O) groups is 2. The Kier molecular flexibility index (Phi) is 8.55. The fourth-order valence-corrected chi connectivity index (χ4v) is 4.01. The molecule has 2 amide bonds. The highest BCUT2D eigenvalue weighted by Crippen LogP contribution is 2.29. The number of aromatic nitrogens is 3. The van der Waals surface area contributed by atoms with Gasteiger partial charge in [-0.2, -0.15) is 0 Å². The van der Waals surface area contributed by atoms with Gasteiger partial charge in [0.05, 0.1) is 24.2 Å². The maximum atomic E-state index is 12.9. The summed E-state index contributed by atoms with van der Waals surface area (Å²) in [4.78, 5) is 35.2. The Labute approximate surface area is 193 Å². The molecule has 0 aliphatic carbocycles. The summed E-state index contributed by atoms with van der Waals surface area (Å²) >= 11 is 5.33. The van der Waals surface area contributed by atoms with Crippen molar-refractivity contribution in [2.75, 3.05) is 26.2 Å². The third-order valence-electron chi connectivity index (χ3n) is 5.40. The highest BCUT2D eigenvalue weighted by Gasteiger charge is 2.27. The Hall–Kier alpha value is -3.01. The Bertz CT molecular complexity index is 926. The van der Waals surface area contributed by atoms with Gasteiger partial charge in [-0.1, -0.05) is 0 Å². The number of hydrogen-bond donors (Lipinski definition) is 2. The lowest BCUT2D eigenvalue weighted by atomic mass is 9.90. The molecule has 1 fully saturated rings. The molecule has 3 heterocycles. The number of aryl methyl sites for hydroxylation is 2. The fraction of sp³-hybridized carbons (Fsp3) is 0.500. The van der Waals surface area contributed by atoms with E-state index in [1.54, 1.807) is 19.4 Å². The van der Waals surface area contributed by atoms with Crippen molar-refractivity contribution in [3.63, 3.8) is 0 Å². The number of carbonyl (C=O) groups excluding carboxylic acids is 2. The standard InChI is InChI=1S/C22H30N6O3S/c1-3-31-22(30)26-21(32)28-12-7-17(8-13-28)19-18(6-5-16(2)25-19)20(29)24-9-4-11-27-14-10-23-15-27/h5-6,10,14-15,17H,3-4,7-9,11-13H2,1-2H3,(H,24,29)(H,26,30,32). The molecule has 3 rings (SSSR count). The van der Waals surface area contributed by atoms with Crippen LogP contribution in [0.5, 0.6) is 0 Å². The van der Waals surface area contributed by atoms with E-state index in [2.05, 4.69) is 15.6 Å². The SMILES string of the molecule is CCOC(=O)NC(=S)N1CCC(c2nc(C)ccc2C(=O)NCCCn2ccnc2)CC1. The van der Waals surface area contributed by atoms with Gasteiger partial charge in [-0.15, -0.1) is 0 Å². The molecule has 32 heavy (non-hydrogen) atoms. The molecule has 2 N–H and O–H groups in total. The van der Waals surface area contributed by atoms with Crippen LogP contribution in [0.3, 0.4) is 0 Å². The van der Waals surface area contributed by atoms with Gasteiger partial charge in [0.1, 0.15) is 0 Å². The largest absolute Gasteiger partial charge is 0.450 e. The molecule has 0 aromatic carbocycles. The molecule has 1 aliphatic rings. The zero-order chi connectivity index (χ0) is 22.9. The van der Waals surface area contributed by atoms with E-state index in [0.29, 0.717) is 36.9 Å². The molecule has 1 saturated heterocycles. The molecule has 10 heteroatoms. The monoisotopic (exact) mass is 458 g/mol. The predicted molar refractivity (Wildman–Crippen MR) is 124 cm³/mol. The van der Waals surface area contributed by atoms with Gasteiger partial charge in [0.25, 0.3) is 5.91 Å². The van der Waals surface area contributed by atoms with Crippen LogP contribution in [0.15, 0.2) is 30.9 Å². The Morgan fingerprint density at radius 1 is 1.28 bits per heavy atom. The van der Waals surface area contributed by atoms with Gasteiger partial charge >= 0.3 is 6.09 Å². The van der Waals surface area contributed by atoms with Crippen LogP contribution in [-0.4, -0.2) is 62.8 Å². The number of pyridine rings is 1. The lowest BCUT2D eigenvalue weighted by Crippen LogP contribution is -2.46. The van der Waals surface area contributed by atoms with E-state index in [-0.39, 0.29) is 11.8 Å². The number of imidazole rings is 1. The lowest BCUT2D eigenvalue weighted by molar-refractivity contribution is 0.0950. The summed E-state index contributed by atoms with van der Waals surface area (Å²) in [5, 5.41) is 5.98. The molecular weight excluding hydrogens is 428 g/mol. The van der Waals surface area contributed by atoms with Gasteiger partial charge in [-0.25, -0.2) is 9.78 Å². The second-order valence-corrected chi connectivity index (χ2v) is 8.09. The summed E-state index contributed by atoms with van der Waals surface area (Å²) in [6, 6.07) is 3.74. The zero-order valence-corrected chi connectivity index (χ0v) is 19.4. The minimum absolute atomic E-state index is 0.0972. The summed E-state index contributed by atoms with van der Waals surface area (Å²) in [5.74, 6) is 0.0586. The average Bonchev–Trinajstić information content (AvgIpc) is 3.30. The Balaban J connectivity index is 1.56. The maximum Gasteiger partial charge on any atom is 0.413 e. The summed E-state index contributed by atoms with van der Waals surface area (Å²) in [6.45, 7) is 6.72. The Morgan fingerprint density at radius 3 is 2.75 bits per heavy atom. The van der Waals surface area contributed by atoms with Gasteiger partial charge < -0.3 is 19.5 Å². The van der Waals surface area contributed by atoms with Crippen molar-refractivity contribution in [1.82, 2.24) is 30.1 Å². The quantitative estimate of drug-likeness (QED) is 0.486. The molecule has 1 aliphatic heterocycles. The minimum atomic E-state index is -0.535. The summed E-state index contributed by atoms with van der Waals surface area (Å²) in [6.07, 6.45) is 7.29. The van der Waals surface area contributed by atoms with Crippen molar-refractivity contribution in [1.29, 1.82) is 0 Å². The molecule has 2 aromatic heterocycles. The van der Waals surface area contributed by atoms with Crippen LogP contribution >= 0.6 is 12.2 Å². The van der Waals surface area contributed by atoms with Gasteiger partial charge in [-0.05, 0) is 57.5 Å². The normalized spacial score (nSPS) is 14.1. The first-order valence-electron chi connectivity index (χ1n) is 10.9. The van der Waals surface area contributed by atoms with Crippen LogP contribution in [0, 0.1) is 6.92 Å². The Morgan fingerprint density at radius 2 is 2.06 bits per heavy atom. The molecular formula is C22H30N6O3S. The second kappa shape index (κ2) is 11.6. The van der Waals surface area contributed by atoms with Crippen LogP contribution in [0.4, 0.5) is 4.79 Å². The topological polar surface area (TPSA) is 101 Å². The number of piperidine rings is 1. The van der Waals surface area contributed by atoms with Gasteiger partial charge in [0.2, 0.25) is 0 Å². The number of ether oxygens (including phenoxy) is 1. The first-order chi connectivity index (χ1) is 15.5. The van der Waals surface area contributed by atoms with Crippen LogP contribution in [0.1, 0.15) is 53.8 Å². The van der Waals surface area contributed by atoms with Crippen LogP contribution in [0.25, 0.3) is 0 Å². The zero-order valence-electron chi connectivity index (χ0n) is 18.5. The van der Waals surface area contributed by atoms with E-state index in [9.17, 15) is 9.59 Å². The van der Waals surface area contributed by atoms with Crippen molar-refractivity contribution < 1.29 is 14.3 Å². The van der Waals surface area contributed by atoms with Gasteiger partial charge in [-0.3, -0.25) is 15.1 Å². The van der Waals surface area contributed by atoms with E-state index >= 15 is 0 Å². The number of likely N-dealkylation sites (tertiary alicyclic amines) is 1. The van der Waals surface area contributed by atoms with Crippen molar-refractivity contribution in [3.05, 3.63) is 47.8 Å². The fourth-order valence-electron chi connectivity index (χ4n) is 3.75. The lowest BCUT2D eigenvalue weighted by Gasteiger charge is -2.33. The predicted octanol–water partition coefficient (Wildman–Crippen LogP) is 2.62. The van der Waals surface area contributed by atoms with Crippen molar-refractivity contribution >= 4 is 29.3 Å². The molecule has 9 nitrogen and oxygen atoms in total. The van der Waals surface area contributed by atoms with Crippen molar-refractivity contribution in [2.45, 2.75) is 45.6 Å². The molecule has 0 unspecified atom stereocenters. The average molecular weight is 459 g/mol. The highest BCUT2D eigenvalue weighted by atomic mass is 32.1. The third kappa shape index (κ3) is 6.49. The van der Waals surface area contributed by atoms with Crippen LogP contribution < -0.4 is 10.6 Å². The number of thiocarbonyl (C=S) groups is 1. The number of rotatable bonds is 7. The van der Waals surface area contributed by atoms with E-state index in [1.165, 1.54) is 0 Å². The molecule has 0 atom stereocenters. The van der Waals surface area contributed by atoms with Crippen LogP contribution in [0.2, 0.25) is 0 Å². The molecule has 0 saturated carbocycles. The number of nitrogens with zero attached hydrogens (tertiary/aromatic N) is 4. The van der Waals surface area contributed by atoms with E-state index in [4.69, 9.17) is 21.9 Å². The maximum absolute atomic E-state index is 12.9. The minimum Gasteiger partial charge on any atom is -0.450 e.